The second kappa shape index (κ2) is 8.01. The smallest absolute Gasteiger partial charge is 0.227 e. The van der Waals surface area contributed by atoms with Gasteiger partial charge in [-0.15, -0.1) is 0 Å². The van der Waals surface area contributed by atoms with Crippen LogP contribution in [0.1, 0.15) is 42.5 Å². The lowest BCUT2D eigenvalue weighted by atomic mass is 10.0. The third-order valence-corrected chi connectivity index (χ3v) is 6.37. The van der Waals surface area contributed by atoms with E-state index in [1.165, 1.54) is 31.2 Å². The number of benzene rings is 1. The summed E-state index contributed by atoms with van der Waals surface area (Å²) in [6, 6.07) is 10.0. The zero-order valence-corrected chi connectivity index (χ0v) is 17.0. The SMILES string of the molecule is O=C(Cc1ccccc1)N1CCc2nc(N3CCCC3)nc(N3CCCC3)c2C1. The van der Waals surface area contributed by atoms with Crippen LogP contribution in [0.15, 0.2) is 30.3 Å². The van der Waals surface area contributed by atoms with Crippen LogP contribution in [0.2, 0.25) is 0 Å². The van der Waals surface area contributed by atoms with E-state index in [1.54, 1.807) is 0 Å². The van der Waals surface area contributed by atoms with E-state index in [0.717, 1.165) is 62.2 Å². The van der Waals surface area contributed by atoms with E-state index in [2.05, 4.69) is 9.80 Å². The Hall–Kier alpha value is -2.63. The number of rotatable bonds is 4. The van der Waals surface area contributed by atoms with Crippen LogP contribution in [0.4, 0.5) is 11.8 Å². The van der Waals surface area contributed by atoms with E-state index in [-0.39, 0.29) is 5.91 Å². The molecule has 1 amide bonds. The third-order valence-electron chi connectivity index (χ3n) is 6.37. The molecule has 6 heteroatoms. The Bertz CT molecular complexity index is 872. The van der Waals surface area contributed by atoms with Crippen LogP contribution < -0.4 is 9.80 Å². The predicted octanol–water partition coefficient (Wildman–Crippen LogP) is 2.80. The molecule has 5 rings (SSSR count). The van der Waals surface area contributed by atoms with E-state index in [0.29, 0.717) is 13.0 Å². The van der Waals surface area contributed by atoms with Gasteiger partial charge >= 0.3 is 0 Å². The molecule has 1 aromatic carbocycles. The number of hydrogen-bond donors (Lipinski definition) is 0. The van der Waals surface area contributed by atoms with E-state index in [1.807, 2.05) is 35.2 Å². The molecule has 0 unspecified atom stereocenters. The number of carbonyl (C=O) groups excluding carboxylic acids is 1. The van der Waals surface area contributed by atoms with Gasteiger partial charge in [0.2, 0.25) is 11.9 Å². The number of hydrogen-bond acceptors (Lipinski definition) is 5. The fourth-order valence-electron chi connectivity index (χ4n) is 4.73. The number of amides is 1. The lowest BCUT2D eigenvalue weighted by Crippen LogP contribution is -2.39. The van der Waals surface area contributed by atoms with Crippen molar-refractivity contribution < 1.29 is 4.79 Å². The summed E-state index contributed by atoms with van der Waals surface area (Å²) in [5.74, 6) is 2.16. The van der Waals surface area contributed by atoms with Crippen LogP contribution in [-0.4, -0.2) is 53.5 Å². The highest BCUT2D eigenvalue weighted by atomic mass is 16.2. The van der Waals surface area contributed by atoms with Gasteiger partial charge in [0.05, 0.1) is 18.7 Å². The fraction of sp³-hybridized carbons (Fsp3) is 0.522. The Morgan fingerprint density at radius 1 is 0.862 bits per heavy atom. The molecule has 3 aliphatic rings. The van der Waals surface area contributed by atoms with Gasteiger partial charge in [-0.25, -0.2) is 4.98 Å². The number of anilines is 2. The van der Waals surface area contributed by atoms with Crippen LogP contribution in [0, 0.1) is 0 Å². The van der Waals surface area contributed by atoms with Crippen LogP contribution in [-0.2, 0) is 24.2 Å². The van der Waals surface area contributed by atoms with Crippen molar-refractivity contribution in [2.45, 2.75) is 45.1 Å². The lowest BCUT2D eigenvalue weighted by Gasteiger charge is -2.32. The first-order valence-electron chi connectivity index (χ1n) is 11.0. The summed E-state index contributed by atoms with van der Waals surface area (Å²) in [6.45, 7) is 5.60. The molecule has 0 saturated carbocycles. The molecule has 0 aliphatic carbocycles. The maximum atomic E-state index is 12.9. The second-order valence-electron chi connectivity index (χ2n) is 8.39. The Labute approximate surface area is 172 Å². The highest BCUT2D eigenvalue weighted by Crippen LogP contribution is 2.32. The second-order valence-corrected chi connectivity index (χ2v) is 8.39. The molecule has 0 bridgehead atoms. The molecule has 152 valence electrons. The zero-order chi connectivity index (χ0) is 19.6. The summed E-state index contributed by atoms with van der Waals surface area (Å²) in [5.41, 5.74) is 3.39. The first-order chi connectivity index (χ1) is 14.3. The van der Waals surface area contributed by atoms with Crippen LogP contribution >= 0.6 is 0 Å². The molecule has 4 heterocycles. The van der Waals surface area contributed by atoms with Crippen LogP contribution in [0.25, 0.3) is 0 Å². The van der Waals surface area contributed by atoms with Gasteiger partial charge in [-0.2, -0.15) is 4.98 Å². The quantitative estimate of drug-likeness (QED) is 0.802. The van der Waals surface area contributed by atoms with Crippen LogP contribution in [0.5, 0.6) is 0 Å². The third kappa shape index (κ3) is 3.80. The van der Waals surface area contributed by atoms with Gasteiger partial charge in [0.1, 0.15) is 5.82 Å². The minimum Gasteiger partial charge on any atom is -0.356 e. The molecule has 0 radical (unpaired) electrons. The summed E-state index contributed by atoms with van der Waals surface area (Å²) < 4.78 is 0. The van der Waals surface area contributed by atoms with Crippen molar-refractivity contribution in [2.24, 2.45) is 0 Å². The van der Waals surface area contributed by atoms with Gasteiger partial charge < -0.3 is 14.7 Å². The lowest BCUT2D eigenvalue weighted by molar-refractivity contribution is -0.131. The summed E-state index contributed by atoms with van der Waals surface area (Å²) in [6.07, 6.45) is 6.16. The highest BCUT2D eigenvalue weighted by Gasteiger charge is 2.30. The Kier molecular flexibility index (Phi) is 5.08. The van der Waals surface area contributed by atoms with E-state index < -0.39 is 0 Å². The van der Waals surface area contributed by atoms with Crippen molar-refractivity contribution in [3.63, 3.8) is 0 Å². The summed E-state index contributed by atoms with van der Waals surface area (Å²) in [7, 11) is 0. The van der Waals surface area contributed by atoms with Crippen molar-refractivity contribution >= 4 is 17.7 Å². The van der Waals surface area contributed by atoms with Crippen molar-refractivity contribution in [2.75, 3.05) is 42.5 Å². The molecular weight excluding hydrogens is 362 g/mol. The molecule has 29 heavy (non-hydrogen) atoms. The summed E-state index contributed by atoms with van der Waals surface area (Å²) in [4.78, 5) is 29.7. The average Bonchev–Trinajstić information content (AvgIpc) is 3.47. The molecular formula is C23H29N5O. The molecule has 2 saturated heterocycles. The first kappa shape index (κ1) is 18.4. The first-order valence-corrected chi connectivity index (χ1v) is 11.0. The monoisotopic (exact) mass is 391 g/mol. The van der Waals surface area contributed by atoms with Gasteiger partial charge in [-0.05, 0) is 31.2 Å². The van der Waals surface area contributed by atoms with Gasteiger partial charge in [0.25, 0.3) is 0 Å². The van der Waals surface area contributed by atoms with Crippen molar-refractivity contribution in [1.82, 2.24) is 14.9 Å². The highest BCUT2D eigenvalue weighted by molar-refractivity contribution is 5.79. The van der Waals surface area contributed by atoms with Gasteiger partial charge in [-0.1, -0.05) is 30.3 Å². The van der Waals surface area contributed by atoms with E-state index >= 15 is 0 Å². The Morgan fingerprint density at radius 3 is 2.28 bits per heavy atom. The standard InChI is InChI=1S/C23H29N5O/c29-21(16-18-8-2-1-3-9-18)28-15-10-20-19(17-28)22(26-11-4-5-12-26)25-23(24-20)27-13-6-7-14-27/h1-3,8-9H,4-7,10-17H2. The van der Waals surface area contributed by atoms with Crippen molar-refractivity contribution in [3.05, 3.63) is 47.2 Å². The number of aromatic nitrogens is 2. The van der Waals surface area contributed by atoms with Crippen LogP contribution in [0.3, 0.4) is 0 Å². The molecule has 3 aliphatic heterocycles. The molecule has 2 fully saturated rings. The van der Waals surface area contributed by atoms with E-state index in [4.69, 9.17) is 9.97 Å². The normalized spacial score (nSPS) is 19.0. The summed E-state index contributed by atoms with van der Waals surface area (Å²) in [5, 5.41) is 0. The minimum atomic E-state index is 0.192. The molecule has 6 nitrogen and oxygen atoms in total. The maximum Gasteiger partial charge on any atom is 0.227 e. The maximum absolute atomic E-state index is 12.9. The topological polar surface area (TPSA) is 52.6 Å². The zero-order valence-electron chi connectivity index (χ0n) is 17.0. The molecule has 0 spiro atoms. The van der Waals surface area contributed by atoms with E-state index in [9.17, 15) is 4.79 Å². The Balaban J connectivity index is 1.42. The summed E-state index contributed by atoms with van der Waals surface area (Å²) >= 11 is 0. The number of nitrogens with zero attached hydrogens (tertiary/aromatic N) is 5. The number of fused-ring (bicyclic) bond motifs is 1. The van der Waals surface area contributed by atoms with Gasteiger partial charge in [0.15, 0.2) is 0 Å². The molecule has 1 aromatic heterocycles. The minimum absolute atomic E-state index is 0.192. The largest absolute Gasteiger partial charge is 0.356 e. The predicted molar refractivity (Wildman–Crippen MR) is 114 cm³/mol. The molecule has 0 atom stereocenters. The molecule has 0 N–H and O–H groups in total. The van der Waals surface area contributed by atoms with Crippen molar-refractivity contribution in [1.29, 1.82) is 0 Å². The number of carbonyl (C=O) groups is 1. The fourth-order valence-corrected chi connectivity index (χ4v) is 4.73. The molecule has 2 aromatic rings. The van der Waals surface area contributed by atoms with Crippen molar-refractivity contribution in [3.8, 4) is 0 Å². The van der Waals surface area contributed by atoms with Gasteiger partial charge in [-0.3, -0.25) is 4.79 Å². The Morgan fingerprint density at radius 2 is 1.55 bits per heavy atom. The average molecular weight is 392 g/mol. The van der Waals surface area contributed by atoms with Gasteiger partial charge in [0, 0.05) is 44.7 Å².